The molecular weight excluding hydrogens is 419 g/mol. The van der Waals surface area contributed by atoms with Crippen molar-refractivity contribution in [3.63, 3.8) is 0 Å². The monoisotopic (exact) mass is 426 g/mol. The summed E-state index contributed by atoms with van der Waals surface area (Å²) in [6.45, 7) is -0.118. The van der Waals surface area contributed by atoms with Gasteiger partial charge in [-0.25, -0.2) is 4.39 Å². The number of carbonyl (C=O) groups is 1. The van der Waals surface area contributed by atoms with E-state index in [1.165, 1.54) is 0 Å². The minimum absolute atomic E-state index is 0.118. The van der Waals surface area contributed by atoms with Crippen LogP contribution < -0.4 is 5.32 Å². The number of nitrogens with zero attached hydrogens (tertiary/aromatic N) is 1. The topological polar surface area (TPSA) is 34.0 Å². The molecule has 3 nitrogen and oxygen atoms in total. The first-order valence-electron chi connectivity index (χ1n) is 6.82. The Kier molecular flexibility index (Phi) is 5.81. The van der Waals surface area contributed by atoms with Crippen LogP contribution in [-0.2, 0) is 13.2 Å². The van der Waals surface area contributed by atoms with E-state index < -0.39 is 44.9 Å². The zero-order chi connectivity index (χ0) is 19.8. The molecule has 1 heterocycles. The number of hydrogen-bond acceptors (Lipinski definition) is 1. The summed E-state index contributed by atoms with van der Waals surface area (Å²) >= 11 is 17.6. The number of rotatable bonds is 3. The largest absolute Gasteiger partial charge is 0.432 e. The second-order valence-electron chi connectivity index (χ2n) is 5.08. The van der Waals surface area contributed by atoms with Crippen molar-refractivity contribution in [3.8, 4) is 23.5 Å². The predicted octanol–water partition coefficient (Wildman–Crippen LogP) is 5.17. The Balaban J connectivity index is 2.71. The summed E-state index contributed by atoms with van der Waals surface area (Å²) < 4.78 is 54.5. The minimum atomic E-state index is -4.82. The van der Waals surface area contributed by atoms with E-state index in [2.05, 4.69) is 11.2 Å². The highest BCUT2D eigenvalue weighted by atomic mass is 35.5. The molecule has 2 aromatic rings. The highest BCUT2D eigenvalue weighted by Crippen LogP contribution is 2.46. The summed E-state index contributed by atoms with van der Waals surface area (Å²) in [6, 6.07) is 1.76. The third-order valence-corrected chi connectivity index (χ3v) is 4.58. The molecule has 1 aromatic carbocycles. The molecule has 26 heavy (non-hydrogen) atoms. The predicted molar refractivity (Wildman–Crippen MR) is 92.0 cm³/mol. The first-order chi connectivity index (χ1) is 12.0. The molecule has 0 saturated carbocycles. The van der Waals surface area contributed by atoms with Gasteiger partial charge in [-0.3, -0.25) is 4.79 Å². The van der Waals surface area contributed by atoms with Crippen molar-refractivity contribution in [1.29, 1.82) is 0 Å². The third-order valence-electron chi connectivity index (χ3n) is 3.45. The van der Waals surface area contributed by atoms with Gasteiger partial charge in [-0.2, -0.15) is 13.2 Å². The molecule has 0 aliphatic rings. The van der Waals surface area contributed by atoms with Crippen LogP contribution in [0.5, 0.6) is 0 Å². The molecule has 2 rings (SSSR count). The summed E-state index contributed by atoms with van der Waals surface area (Å²) in [5.74, 6) is 0.449. The van der Waals surface area contributed by atoms with Gasteiger partial charge in [-0.15, -0.1) is 6.42 Å². The molecule has 1 aromatic heterocycles. The lowest BCUT2D eigenvalue weighted by Gasteiger charge is -2.09. The number of halogens is 7. The lowest BCUT2D eigenvalue weighted by molar-refractivity contribution is -0.142. The van der Waals surface area contributed by atoms with Crippen molar-refractivity contribution < 1.29 is 22.4 Å². The Hall–Kier alpha value is -1.88. The molecule has 0 saturated heterocycles. The lowest BCUT2D eigenvalue weighted by Crippen LogP contribution is -2.24. The van der Waals surface area contributed by atoms with Gasteiger partial charge in [0.25, 0.3) is 5.91 Å². The second kappa shape index (κ2) is 7.39. The number of alkyl halides is 3. The van der Waals surface area contributed by atoms with Crippen LogP contribution in [0.15, 0.2) is 12.1 Å². The fraction of sp³-hybridized carbons (Fsp3) is 0.188. The number of nitrogens with one attached hydrogen (secondary N) is 1. The van der Waals surface area contributed by atoms with Crippen LogP contribution in [-0.4, -0.2) is 17.0 Å². The Bertz CT molecular complexity index is 929. The maximum absolute atomic E-state index is 14.4. The van der Waals surface area contributed by atoms with E-state index in [9.17, 15) is 22.4 Å². The van der Waals surface area contributed by atoms with Crippen molar-refractivity contribution >= 4 is 40.7 Å². The van der Waals surface area contributed by atoms with E-state index in [0.29, 0.717) is 4.57 Å². The zero-order valence-electron chi connectivity index (χ0n) is 12.9. The van der Waals surface area contributed by atoms with Gasteiger partial charge in [0, 0.05) is 18.2 Å². The van der Waals surface area contributed by atoms with Crippen LogP contribution in [0.3, 0.4) is 0 Å². The molecule has 0 unspecified atom stereocenters. The Morgan fingerprint density at radius 1 is 1.31 bits per heavy atom. The normalized spacial score (nSPS) is 11.3. The van der Waals surface area contributed by atoms with Crippen LogP contribution in [0.4, 0.5) is 17.6 Å². The zero-order valence-corrected chi connectivity index (χ0v) is 15.2. The average Bonchev–Trinajstić information content (AvgIpc) is 2.75. The van der Waals surface area contributed by atoms with E-state index in [-0.39, 0.29) is 17.1 Å². The standard InChI is InChI=1S/C16H9Cl3F4N2O/c1-3-4-24-15(26)7-5-8(10(20)6-9(7)17)11-12(18)13(16(21,22)23)25(2)14(11)19/h1,5-6H,4H2,2H3,(H,24,26). The summed E-state index contributed by atoms with van der Waals surface area (Å²) in [5.41, 5.74) is -2.24. The SMILES string of the molecule is C#CCNC(=O)c1cc(-c2c(Cl)c(C(F)(F)F)n(C)c2Cl)c(F)cc1Cl. The number of benzene rings is 1. The molecule has 0 aliphatic heterocycles. The number of terminal acetylenes is 1. The van der Waals surface area contributed by atoms with E-state index in [4.69, 9.17) is 41.2 Å². The van der Waals surface area contributed by atoms with Gasteiger partial charge in [-0.05, 0) is 12.1 Å². The Labute approximate surface area is 160 Å². The van der Waals surface area contributed by atoms with Crippen LogP contribution in [0.1, 0.15) is 16.1 Å². The van der Waals surface area contributed by atoms with E-state index in [0.717, 1.165) is 19.2 Å². The smallest absolute Gasteiger partial charge is 0.341 e. The lowest BCUT2D eigenvalue weighted by atomic mass is 10.0. The molecule has 0 spiro atoms. The number of amides is 1. The Morgan fingerprint density at radius 2 is 1.92 bits per heavy atom. The number of aromatic nitrogens is 1. The first kappa shape index (κ1) is 20.4. The maximum Gasteiger partial charge on any atom is 0.432 e. The maximum atomic E-state index is 14.4. The molecule has 10 heteroatoms. The van der Waals surface area contributed by atoms with Crippen LogP contribution in [0.25, 0.3) is 11.1 Å². The molecule has 1 amide bonds. The molecule has 0 atom stereocenters. The van der Waals surface area contributed by atoms with Gasteiger partial charge in [0.2, 0.25) is 0 Å². The van der Waals surface area contributed by atoms with Crippen molar-refractivity contribution in [2.24, 2.45) is 7.05 Å². The van der Waals surface area contributed by atoms with Crippen molar-refractivity contribution in [2.45, 2.75) is 6.18 Å². The quantitative estimate of drug-likeness (QED) is 0.532. The molecule has 1 N–H and O–H groups in total. The van der Waals surface area contributed by atoms with Crippen molar-refractivity contribution in [2.75, 3.05) is 6.54 Å². The average molecular weight is 428 g/mol. The van der Waals surface area contributed by atoms with Gasteiger partial charge in [0.05, 0.1) is 22.2 Å². The minimum Gasteiger partial charge on any atom is -0.341 e. The highest BCUT2D eigenvalue weighted by Gasteiger charge is 2.40. The molecule has 138 valence electrons. The van der Waals surface area contributed by atoms with E-state index >= 15 is 0 Å². The van der Waals surface area contributed by atoms with Crippen LogP contribution in [0, 0.1) is 18.2 Å². The second-order valence-corrected chi connectivity index (χ2v) is 6.23. The fourth-order valence-corrected chi connectivity index (χ4v) is 3.30. The van der Waals surface area contributed by atoms with Crippen molar-refractivity contribution in [3.05, 3.63) is 44.4 Å². The number of hydrogen-bond donors (Lipinski definition) is 1. The van der Waals surface area contributed by atoms with E-state index in [1.807, 2.05) is 0 Å². The fourth-order valence-electron chi connectivity index (χ4n) is 2.31. The van der Waals surface area contributed by atoms with Gasteiger partial charge >= 0.3 is 6.18 Å². The Morgan fingerprint density at radius 3 is 2.42 bits per heavy atom. The molecule has 0 bridgehead atoms. The third kappa shape index (κ3) is 3.63. The molecule has 0 radical (unpaired) electrons. The summed E-state index contributed by atoms with van der Waals surface area (Å²) in [7, 11) is 1.04. The summed E-state index contributed by atoms with van der Waals surface area (Å²) in [4.78, 5) is 12.1. The first-order valence-corrected chi connectivity index (χ1v) is 7.96. The summed E-state index contributed by atoms with van der Waals surface area (Å²) in [5, 5.41) is 0.838. The van der Waals surface area contributed by atoms with Crippen LogP contribution in [0.2, 0.25) is 15.2 Å². The van der Waals surface area contributed by atoms with Gasteiger partial charge in [0.1, 0.15) is 16.7 Å². The van der Waals surface area contributed by atoms with Gasteiger partial charge in [0.15, 0.2) is 0 Å². The van der Waals surface area contributed by atoms with E-state index in [1.54, 1.807) is 0 Å². The highest BCUT2D eigenvalue weighted by molar-refractivity contribution is 6.40. The van der Waals surface area contributed by atoms with Crippen molar-refractivity contribution in [1.82, 2.24) is 9.88 Å². The molecular formula is C16H9Cl3F4N2O. The summed E-state index contributed by atoms with van der Waals surface area (Å²) in [6.07, 6.45) is 0.220. The number of carbonyl (C=O) groups excluding carboxylic acids is 1. The molecule has 0 fully saturated rings. The molecule has 0 aliphatic carbocycles. The van der Waals surface area contributed by atoms with Gasteiger partial charge in [-0.1, -0.05) is 40.7 Å². The van der Waals surface area contributed by atoms with Gasteiger partial charge < -0.3 is 9.88 Å². The van der Waals surface area contributed by atoms with Crippen LogP contribution >= 0.6 is 34.8 Å².